The van der Waals surface area contributed by atoms with Crippen LogP contribution in [0.2, 0.25) is 10.0 Å². The lowest BCUT2D eigenvalue weighted by Gasteiger charge is -2.26. The van der Waals surface area contributed by atoms with Gasteiger partial charge < -0.3 is 9.47 Å². The van der Waals surface area contributed by atoms with Crippen LogP contribution in [-0.2, 0) is 9.47 Å². The summed E-state index contributed by atoms with van der Waals surface area (Å²) in [5.74, 6) is -1.09. The lowest BCUT2D eigenvalue weighted by molar-refractivity contribution is -0.0174. The quantitative estimate of drug-likeness (QED) is 0.613. The highest BCUT2D eigenvalue weighted by molar-refractivity contribution is 6.30. The van der Waals surface area contributed by atoms with Crippen LogP contribution in [-0.4, -0.2) is 24.1 Å². The molecule has 0 aromatic heterocycles. The van der Waals surface area contributed by atoms with Gasteiger partial charge in [0.1, 0.15) is 12.2 Å². The van der Waals surface area contributed by atoms with E-state index in [0.717, 1.165) is 0 Å². The van der Waals surface area contributed by atoms with Crippen molar-refractivity contribution in [3.63, 3.8) is 0 Å². The lowest BCUT2D eigenvalue weighted by atomic mass is 10.00. The van der Waals surface area contributed by atoms with Crippen molar-refractivity contribution in [2.75, 3.05) is 0 Å². The normalized spacial score (nSPS) is 14.2. The number of esters is 2. The summed E-state index contributed by atoms with van der Waals surface area (Å²) >= 11 is 11.6. The summed E-state index contributed by atoms with van der Waals surface area (Å²) in [5, 5.41) is 1.09. The number of carbonyl (C=O) groups is 2. The Kier molecular flexibility index (Phi) is 7.06. The van der Waals surface area contributed by atoms with E-state index in [9.17, 15) is 9.59 Å². The average Bonchev–Trinajstić information content (AvgIpc) is 2.61. The first kappa shape index (κ1) is 20.3. The van der Waals surface area contributed by atoms with Gasteiger partial charge in [0.05, 0.1) is 11.1 Å². The van der Waals surface area contributed by atoms with Gasteiger partial charge in [0.25, 0.3) is 0 Å². The second-order valence-corrected chi connectivity index (χ2v) is 6.97. The number of carbonyl (C=O) groups excluding carboxylic acids is 2. The van der Waals surface area contributed by atoms with E-state index in [2.05, 4.69) is 0 Å². The maximum absolute atomic E-state index is 12.2. The summed E-state index contributed by atoms with van der Waals surface area (Å²) in [6, 6.07) is 12.9. The van der Waals surface area contributed by atoms with Crippen molar-refractivity contribution >= 4 is 35.1 Å². The minimum absolute atomic E-state index is 0.192. The zero-order valence-corrected chi connectivity index (χ0v) is 16.3. The van der Waals surface area contributed by atoms with Gasteiger partial charge in [-0.3, -0.25) is 0 Å². The molecule has 0 aliphatic heterocycles. The maximum atomic E-state index is 12.2. The van der Waals surface area contributed by atoms with E-state index in [1.807, 2.05) is 6.92 Å². The summed E-state index contributed by atoms with van der Waals surface area (Å²) in [6.07, 6.45) is -0.877. The van der Waals surface area contributed by atoms with Crippen LogP contribution in [0.25, 0.3) is 0 Å². The second kappa shape index (κ2) is 9.06. The molecule has 6 heteroatoms. The van der Waals surface area contributed by atoms with Crippen LogP contribution in [0.5, 0.6) is 0 Å². The zero-order valence-electron chi connectivity index (χ0n) is 14.7. The molecule has 0 fully saturated rings. The number of ether oxygens (including phenoxy) is 2. The molecule has 2 unspecified atom stereocenters. The van der Waals surface area contributed by atoms with Crippen molar-refractivity contribution in [2.45, 2.75) is 33.0 Å². The molecule has 0 saturated carbocycles. The molecule has 0 saturated heterocycles. The van der Waals surface area contributed by atoms with Crippen molar-refractivity contribution in [1.29, 1.82) is 0 Å². The summed E-state index contributed by atoms with van der Waals surface area (Å²) in [7, 11) is 0. The van der Waals surface area contributed by atoms with E-state index in [1.165, 1.54) is 0 Å². The van der Waals surface area contributed by atoms with Crippen molar-refractivity contribution in [3.05, 3.63) is 69.7 Å². The monoisotopic (exact) mass is 394 g/mol. The predicted molar refractivity (Wildman–Crippen MR) is 102 cm³/mol. The summed E-state index contributed by atoms with van der Waals surface area (Å²) in [5.41, 5.74) is 0.832. The molecule has 0 heterocycles. The smallest absolute Gasteiger partial charge is 0.338 e. The molecule has 2 aromatic carbocycles. The van der Waals surface area contributed by atoms with E-state index >= 15 is 0 Å². The molecular formula is C20H20Cl2O4. The number of benzene rings is 2. The SMILES string of the molecule is CC(OC(=O)c1ccc(Cl)cc1)C(C)C(C)OC(=O)c1ccc(Cl)cc1. The first-order valence-electron chi connectivity index (χ1n) is 8.21. The Labute approximate surface area is 163 Å². The molecule has 2 aromatic rings. The Hall–Kier alpha value is -2.04. The molecule has 0 spiro atoms. The third kappa shape index (κ3) is 5.48. The van der Waals surface area contributed by atoms with E-state index in [0.29, 0.717) is 21.2 Å². The van der Waals surface area contributed by atoms with Crippen LogP contribution in [0.3, 0.4) is 0 Å². The lowest BCUT2D eigenvalue weighted by Crippen LogP contribution is -2.32. The molecule has 0 amide bonds. The number of hydrogen-bond donors (Lipinski definition) is 0. The standard InChI is InChI=1S/C20H20Cl2O4/c1-12(13(2)25-19(23)15-4-8-17(21)9-5-15)14(3)26-20(24)16-6-10-18(22)11-7-16/h4-14H,1-3H3. The van der Waals surface area contributed by atoms with Crippen molar-refractivity contribution in [2.24, 2.45) is 5.92 Å². The van der Waals surface area contributed by atoms with Crippen LogP contribution < -0.4 is 0 Å². The fraction of sp³-hybridized carbons (Fsp3) is 0.300. The van der Waals surface area contributed by atoms with Gasteiger partial charge in [-0.1, -0.05) is 30.1 Å². The second-order valence-electron chi connectivity index (χ2n) is 6.09. The number of hydrogen-bond acceptors (Lipinski definition) is 4. The van der Waals surface area contributed by atoms with Gasteiger partial charge in [0, 0.05) is 16.0 Å². The topological polar surface area (TPSA) is 52.6 Å². The molecule has 2 rings (SSSR count). The van der Waals surface area contributed by atoms with E-state index in [4.69, 9.17) is 32.7 Å². The van der Waals surface area contributed by atoms with E-state index in [1.54, 1.807) is 62.4 Å². The van der Waals surface area contributed by atoms with Gasteiger partial charge in [-0.05, 0) is 62.4 Å². The fourth-order valence-corrected chi connectivity index (χ4v) is 2.49. The van der Waals surface area contributed by atoms with Crippen LogP contribution in [0.1, 0.15) is 41.5 Å². The van der Waals surface area contributed by atoms with Crippen LogP contribution in [0, 0.1) is 5.92 Å². The fourth-order valence-electron chi connectivity index (χ4n) is 2.24. The molecular weight excluding hydrogens is 375 g/mol. The molecule has 2 atom stereocenters. The van der Waals surface area contributed by atoms with Gasteiger partial charge in [-0.15, -0.1) is 0 Å². The minimum atomic E-state index is -0.447. The Morgan fingerprint density at radius 2 is 1.00 bits per heavy atom. The van der Waals surface area contributed by atoms with Crippen molar-refractivity contribution in [3.8, 4) is 0 Å². The zero-order chi connectivity index (χ0) is 19.3. The highest BCUT2D eigenvalue weighted by Gasteiger charge is 2.26. The van der Waals surface area contributed by atoms with Gasteiger partial charge >= 0.3 is 11.9 Å². The third-order valence-corrected chi connectivity index (χ3v) is 4.73. The number of rotatable bonds is 6. The highest BCUT2D eigenvalue weighted by Crippen LogP contribution is 2.19. The first-order valence-corrected chi connectivity index (χ1v) is 8.96. The van der Waals surface area contributed by atoms with Crippen molar-refractivity contribution < 1.29 is 19.1 Å². The van der Waals surface area contributed by atoms with Crippen LogP contribution in [0.4, 0.5) is 0 Å². The molecule has 138 valence electrons. The third-order valence-electron chi connectivity index (χ3n) is 4.23. The maximum Gasteiger partial charge on any atom is 0.338 e. The Morgan fingerprint density at radius 1 is 0.692 bits per heavy atom. The van der Waals surface area contributed by atoms with Gasteiger partial charge in [0.15, 0.2) is 0 Å². The summed E-state index contributed by atoms with van der Waals surface area (Å²) in [6.45, 7) is 5.40. The Bertz CT molecular complexity index is 691. The van der Waals surface area contributed by atoms with E-state index in [-0.39, 0.29) is 5.92 Å². The van der Waals surface area contributed by atoms with Crippen LogP contribution in [0.15, 0.2) is 48.5 Å². The first-order chi connectivity index (χ1) is 12.3. The average molecular weight is 395 g/mol. The summed E-state index contributed by atoms with van der Waals surface area (Å²) in [4.78, 5) is 24.4. The largest absolute Gasteiger partial charge is 0.459 e. The Morgan fingerprint density at radius 3 is 1.31 bits per heavy atom. The Balaban J connectivity index is 1.92. The molecule has 26 heavy (non-hydrogen) atoms. The molecule has 0 aliphatic rings. The van der Waals surface area contributed by atoms with Gasteiger partial charge in [0.2, 0.25) is 0 Å². The molecule has 4 nitrogen and oxygen atoms in total. The van der Waals surface area contributed by atoms with Crippen molar-refractivity contribution in [1.82, 2.24) is 0 Å². The molecule has 0 radical (unpaired) electrons. The highest BCUT2D eigenvalue weighted by atomic mass is 35.5. The molecule has 0 aliphatic carbocycles. The van der Waals surface area contributed by atoms with Crippen LogP contribution >= 0.6 is 23.2 Å². The molecule has 0 bridgehead atoms. The summed E-state index contributed by atoms with van der Waals surface area (Å²) < 4.78 is 10.9. The number of halogens is 2. The van der Waals surface area contributed by atoms with Gasteiger partial charge in [-0.2, -0.15) is 0 Å². The molecule has 0 N–H and O–H groups in total. The minimum Gasteiger partial charge on any atom is -0.459 e. The predicted octanol–water partition coefficient (Wildman–Crippen LogP) is 5.42. The van der Waals surface area contributed by atoms with Gasteiger partial charge in [-0.25, -0.2) is 9.59 Å². The van der Waals surface area contributed by atoms with E-state index < -0.39 is 24.1 Å².